The van der Waals surface area contributed by atoms with Crippen LogP contribution in [0.1, 0.15) is 50.4 Å². The second kappa shape index (κ2) is 8.37. The molecular weight excluding hydrogens is 405 g/mol. The minimum atomic E-state index is -0.379. The van der Waals surface area contributed by atoms with Crippen molar-refractivity contribution in [2.24, 2.45) is 17.8 Å². The van der Waals surface area contributed by atoms with Gasteiger partial charge < -0.3 is 9.26 Å². The summed E-state index contributed by atoms with van der Waals surface area (Å²) in [5.41, 5.74) is 0. The van der Waals surface area contributed by atoms with Gasteiger partial charge in [-0.1, -0.05) is 35.5 Å². The van der Waals surface area contributed by atoms with Crippen LogP contribution in [0.15, 0.2) is 40.3 Å². The van der Waals surface area contributed by atoms with E-state index in [1.807, 2.05) is 0 Å². The van der Waals surface area contributed by atoms with Gasteiger partial charge in [0.25, 0.3) is 0 Å². The molecule has 0 N–H and O–H groups in total. The van der Waals surface area contributed by atoms with Gasteiger partial charge >= 0.3 is 0 Å². The predicted molar refractivity (Wildman–Crippen MR) is 108 cm³/mol. The fraction of sp³-hybridized carbons (Fsp3) is 0.524. The minimum Gasteiger partial charge on any atom is -0.483 e. The maximum absolute atomic E-state index is 14.0. The Hall–Kier alpha value is -2.42. The van der Waals surface area contributed by atoms with Crippen molar-refractivity contribution in [3.63, 3.8) is 0 Å². The first-order chi connectivity index (χ1) is 14.7. The molecule has 3 aromatic rings. The number of aromatic nitrogens is 5. The zero-order valence-corrected chi connectivity index (χ0v) is 17.6. The number of thioether (sulfide) groups is 1. The Labute approximate surface area is 178 Å². The summed E-state index contributed by atoms with van der Waals surface area (Å²) < 4.78 is 27.0. The van der Waals surface area contributed by atoms with Gasteiger partial charge in [0.05, 0.1) is 5.75 Å². The summed E-state index contributed by atoms with van der Waals surface area (Å²) in [7, 11) is 0. The van der Waals surface area contributed by atoms with Crippen LogP contribution in [-0.2, 0) is 12.4 Å². The molecule has 158 valence electrons. The highest BCUT2D eigenvalue weighted by molar-refractivity contribution is 7.98. The van der Waals surface area contributed by atoms with Gasteiger partial charge in [0.2, 0.25) is 5.89 Å². The topological polar surface area (TPSA) is 78.9 Å². The fourth-order valence-corrected chi connectivity index (χ4v) is 5.97. The molecule has 0 spiro atoms. The molecule has 2 heterocycles. The molecule has 2 aliphatic carbocycles. The van der Waals surface area contributed by atoms with Gasteiger partial charge in [0.1, 0.15) is 6.61 Å². The molecule has 0 amide bonds. The first kappa shape index (κ1) is 19.5. The summed E-state index contributed by atoms with van der Waals surface area (Å²) in [4.78, 5) is 4.08. The first-order valence-corrected chi connectivity index (χ1v) is 11.4. The van der Waals surface area contributed by atoms with Crippen molar-refractivity contribution in [2.75, 3.05) is 0 Å². The summed E-state index contributed by atoms with van der Waals surface area (Å²) >= 11 is 1.52. The molecule has 0 saturated heterocycles. The molecule has 0 radical (unpaired) electrons. The normalized spacial score (nSPS) is 23.7. The highest BCUT2D eigenvalue weighted by atomic mass is 32.2. The molecule has 5 rings (SSSR count). The van der Waals surface area contributed by atoms with Crippen molar-refractivity contribution in [2.45, 2.75) is 56.2 Å². The Morgan fingerprint density at radius 1 is 1.27 bits per heavy atom. The van der Waals surface area contributed by atoms with Gasteiger partial charge in [-0.2, -0.15) is 4.98 Å². The average Bonchev–Trinajstić information content (AvgIpc) is 3.56. The molecule has 0 unspecified atom stereocenters. The van der Waals surface area contributed by atoms with Crippen molar-refractivity contribution >= 4 is 11.8 Å². The monoisotopic (exact) mass is 429 g/mol. The molecule has 2 aromatic heterocycles. The van der Waals surface area contributed by atoms with Gasteiger partial charge in [-0.15, -0.1) is 10.2 Å². The van der Waals surface area contributed by atoms with Crippen LogP contribution in [0.25, 0.3) is 0 Å². The van der Waals surface area contributed by atoms with Crippen molar-refractivity contribution in [1.29, 1.82) is 0 Å². The van der Waals surface area contributed by atoms with Crippen LogP contribution in [0.3, 0.4) is 0 Å². The third-order valence-corrected chi connectivity index (χ3v) is 7.41. The van der Waals surface area contributed by atoms with Crippen molar-refractivity contribution in [3.8, 4) is 5.75 Å². The second-order valence-corrected chi connectivity index (χ2v) is 9.13. The number of rotatable bonds is 8. The summed E-state index contributed by atoms with van der Waals surface area (Å²) in [5.74, 6) is 3.85. The van der Waals surface area contributed by atoms with E-state index in [9.17, 15) is 4.39 Å². The lowest BCUT2D eigenvalue weighted by molar-refractivity contribution is 0.215. The highest BCUT2D eigenvalue weighted by Crippen LogP contribution is 2.52. The molecule has 30 heavy (non-hydrogen) atoms. The molecule has 2 fully saturated rings. The van der Waals surface area contributed by atoms with Crippen molar-refractivity contribution < 1.29 is 13.7 Å². The van der Waals surface area contributed by atoms with E-state index in [0.717, 1.165) is 17.0 Å². The number of para-hydroxylation sites is 1. The van der Waals surface area contributed by atoms with E-state index in [1.165, 1.54) is 49.8 Å². The summed E-state index contributed by atoms with van der Waals surface area (Å²) in [6.07, 6.45) is 6.66. The molecule has 7 nitrogen and oxygen atoms in total. The summed E-state index contributed by atoms with van der Waals surface area (Å²) in [6.45, 7) is 2.41. The van der Waals surface area contributed by atoms with Crippen LogP contribution in [0.4, 0.5) is 4.39 Å². The van der Waals surface area contributed by atoms with Gasteiger partial charge in [-0.3, -0.25) is 4.57 Å². The summed E-state index contributed by atoms with van der Waals surface area (Å²) in [6, 6.07) is 6.67. The lowest BCUT2D eigenvalue weighted by Gasteiger charge is -2.30. The minimum absolute atomic E-state index is 0.167. The summed E-state index contributed by atoms with van der Waals surface area (Å²) in [5, 5.41) is 13.3. The molecule has 4 atom stereocenters. The average molecular weight is 430 g/mol. The van der Waals surface area contributed by atoms with E-state index in [4.69, 9.17) is 9.26 Å². The Balaban J connectivity index is 1.38. The lowest BCUT2D eigenvalue weighted by Crippen LogP contribution is -2.24. The number of nitrogens with zero attached hydrogens (tertiary/aromatic N) is 5. The van der Waals surface area contributed by atoms with Crippen LogP contribution >= 0.6 is 11.8 Å². The van der Waals surface area contributed by atoms with Gasteiger partial charge in [0, 0.05) is 6.04 Å². The number of hydrogen-bond acceptors (Lipinski definition) is 7. The van der Waals surface area contributed by atoms with Crippen molar-refractivity contribution in [3.05, 3.63) is 48.1 Å². The van der Waals surface area contributed by atoms with Gasteiger partial charge in [-0.25, -0.2) is 4.39 Å². The van der Waals surface area contributed by atoms with Gasteiger partial charge in [0.15, 0.2) is 28.9 Å². The Morgan fingerprint density at radius 2 is 2.17 bits per heavy atom. The maximum atomic E-state index is 14.0. The van der Waals surface area contributed by atoms with Crippen LogP contribution in [0.5, 0.6) is 5.75 Å². The van der Waals surface area contributed by atoms with E-state index in [1.54, 1.807) is 18.2 Å². The predicted octanol–water partition coefficient (Wildman–Crippen LogP) is 4.67. The zero-order valence-electron chi connectivity index (χ0n) is 16.8. The largest absolute Gasteiger partial charge is 0.483 e. The van der Waals surface area contributed by atoms with Crippen LogP contribution in [-0.4, -0.2) is 24.9 Å². The van der Waals surface area contributed by atoms with Gasteiger partial charge in [-0.05, 0) is 56.1 Å². The molecule has 2 saturated carbocycles. The first-order valence-electron chi connectivity index (χ1n) is 10.4. The standard InChI is InChI=1S/C21H24FN5O2S/c1-13(16-9-14-6-7-15(16)8-14)27-19(10-28-18-5-3-2-4-17(18)22)25-26-21(27)30-11-20-23-12-24-29-20/h2-5,12-16H,6-11H2,1H3/t13-,14+,15+,16+/m1/s1. The Bertz CT molecular complexity index is 995. The SMILES string of the molecule is C[C@H]([C@@H]1C[C@H]2CC[C@H]1C2)n1c(COc2ccccc2F)nnc1SCc1ncno1. The molecule has 0 aliphatic heterocycles. The molecule has 1 aromatic carbocycles. The maximum Gasteiger partial charge on any atom is 0.236 e. The second-order valence-electron chi connectivity index (χ2n) is 8.19. The quantitative estimate of drug-likeness (QED) is 0.482. The lowest BCUT2D eigenvalue weighted by atomic mass is 9.84. The Kier molecular flexibility index (Phi) is 5.45. The third kappa shape index (κ3) is 3.82. The molecule has 9 heteroatoms. The van der Waals surface area contributed by atoms with Crippen LogP contribution in [0.2, 0.25) is 0 Å². The van der Waals surface area contributed by atoms with E-state index in [2.05, 4.69) is 31.8 Å². The number of ether oxygens (including phenoxy) is 1. The van der Waals surface area contributed by atoms with E-state index < -0.39 is 0 Å². The molecule has 2 bridgehead atoms. The van der Waals surface area contributed by atoms with Crippen LogP contribution < -0.4 is 4.74 Å². The van der Waals surface area contributed by atoms with Crippen LogP contribution in [0, 0.1) is 23.6 Å². The smallest absolute Gasteiger partial charge is 0.236 e. The van der Waals surface area contributed by atoms with Crippen molar-refractivity contribution in [1.82, 2.24) is 24.9 Å². The van der Waals surface area contributed by atoms with E-state index >= 15 is 0 Å². The molecular formula is C21H24FN5O2S. The van der Waals surface area contributed by atoms with E-state index in [0.29, 0.717) is 23.4 Å². The number of hydrogen-bond donors (Lipinski definition) is 0. The Morgan fingerprint density at radius 3 is 2.90 bits per heavy atom. The third-order valence-electron chi connectivity index (χ3n) is 6.48. The number of benzene rings is 1. The number of fused-ring (bicyclic) bond motifs is 2. The van der Waals surface area contributed by atoms with E-state index in [-0.39, 0.29) is 24.2 Å². The molecule has 2 aliphatic rings. The number of halogens is 1. The highest BCUT2D eigenvalue weighted by Gasteiger charge is 2.43. The fourth-order valence-electron chi connectivity index (χ4n) is 5.08. The zero-order chi connectivity index (χ0) is 20.5.